The summed E-state index contributed by atoms with van der Waals surface area (Å²) < 4.78 is 5.78. The molecule has 2 amide bonds. The smallest absolute Gasteiger partial charge is 0.322 e. The Hall–Kier alpha value is -1.75. The summed E-state index contributed by atoms with van der Waals surface area (Å²) in [6.07, 6.45) is 3.20. The van der Waals surface area contributed by atoms with E-state index in [1.165, 1.54) is 0 Å². The number of urea groups is 1. The largest absolute Gasteiger partial charge is 0.491 e. The van der Waals surface area contributed by atoms with Gasteiger partial charge in [0.25, 0.3) is 0 Å². The average molecular weight is 318 g/mol. The molecule has 2 N–H and O–H groups in total. The number of ether oxygens (including phenoxy) is 1. The fraction of sp³-hybridized carbons (Fsp3) is 0.611. The van der Waals surface area contributed by atoms with E-state index in [1.807, 2.05) is 43.9 Å². The van der Waals surface area contributed by atoms with E-state index in [0.717, 1.165) is 29.8 Å². The zero-order valence-electron chi connectivity index (χ0n) is 14.1. The Labute approximate surface area is 137 Å². The van der Waals surface area contributed by atoms with Crippen LogP contribution < -0.4 is 10.1 Å². The van der Waals surface area contributed by atoms with Crippen molar-refractivity contribution in [1.82, 2.24) is 4.90 Å². The lowest BCUT2D eigenvalue weighted by Crippen LogP contribution is -2.49. The third-order valence-corrected chi connectivity index (χ3v) is 4.74. The van der Waals surface area contributed by atoms with Crippen LogP contribution in [0.2, 0.25) is 0 Å². The van der Waals surface area contributed by atoms with E-state index < -0.39 is 0 Å². The van der Waals surface area contributed by atoms with Gasteiger partial charge < -0.3 is 20.1 Å². The SMILES string of the molecule is Cc1ccc(NC(=O)N2C3CCC2CC(O)C3)cc1OC(C)C. The van der Waals surface area contributed by atoms with E-state index in [-0.39, 0.29) is 30.3 Å². The standard InChI is InChI=1S/C18H26N2O3/c1-11(2)23-17-8-13(5-4-12(17)3)19-18(22)20-14-6-7-15(20)10-16(21)9-14/h4-5,8,11,14-16,21H,6-7,9-10H2,1-3H3,(H,19,22). The molecule has 1 aromatic rings. The minimum atomic E-state index is -0.262. The van der Waals surface area contributed by atoms with Crippen LogP contribution in [0.15, 0.2) is 18.2 Å². The quantitative estimate of drug-likeness (QED) is 0.899. The van der Waals surface area contributed by atoms with Gasteiger partial charge in [-0.2, -0.15) is 0 Å². The summed E-state index contributed by atoms with van der Waals surface area (Å²) >= 11 is 0. The van der Waals surface area contributed by atoms with Gasteiger partial charge in [0.15, 0.2) is 0 Å². The maximum absolute atomic E-state index is 12.6. The summed E-state index contributed by atoms with van der Waals surface area (Å²) in [4.78, 5) is 14.6. The Morgan fingerprint density at radius 2 is 1.96 bits per heavy atom. The maximum Gasteiger partial charge on any atom is 0.322 e. The molecule has 23 heavy (non-hydrogen) atoms. The number of aliphatic hydroxyl groups excluding tert-OH is 1. The minimum absolute atomic E-state index is 0.0660. The number of hydrogen-bond acceptors (Lipinski definition) is 3. The molecule has 0 aromatic heterocycles. The Morgan fingerprint density at radius 3 is 2.57 bits per heavy atom. The van der Waals surface area contributed by atoms with E-state index in [9.17, 15) is 9.90 Å². The molecular weight excluding hydrogens is 292 g/mol. The van der Waals surface area contributed by atoms with Crippen LogP contribution >= 0.6 is 0 Å². The molecule has 0 aliphatic carbocycles. The third kappa shape index (κ3) is 3.44. The molecule has 2 heterocycles. The normalized spacial score (nSPS) is 26.5. The molecule has 5 nitrogen and oxygen atoms in total. The third-order valence-electron chi connectivity index (χ3n) is 4.74. The van der Waals surface area contributed by atoms with Crippen molar-refractivity contribution in [3.05, 3.63) is 23.8 Å². The molecule has 126 valence electrons. The summed E-state index contributed by atoms with van der Waals surface area (Å²) in [6.45, 7) is 5.97. The number of rotatable bonds is 3. The Balaban J connectivity index is 1.71. The molecule has 2 saturated heterocycles. The lowest BCUT2D eigenvalue weighted by molar-refractivity contribution is 0.0580. The molecule has 0 saturated carbocycles. The van der Waals surface area contributed by atoms with Crippen LogP contribution in [0.25, 0.3) is 0 Å². The number of carbonyl (C=O) groups is 1. The van der Waals surface area contributed by atoms with Crippen LogP contribution in [0.4, 0.5) is 10.5 Å². The van der Waals surface area contributed by atoms with Gasteiger partial charge in [-0.15, -0.1) is 0 Å². The lowest BCUT2D eigenvalue weighted by Gasteiger charge is -2.37. The Bertz CT molecular complexity index is 574. The highest BCUT2D eigenvalue weighted by atomic mass is 16.5. The van der Waals surface area contributed by atoms with Crippen molar-refractivity contribution in [1.29, 1.82) is 0 Å². The van der Waals surface area contributed by atoms with Gasteiger partial charge in [0.2, 0.25) is 0 Å². The first-order chi connectivity index (χ1) is 10.9. The molecule has 2 unspecified atom stereocenters. The summed E-state index contributed by atoms with van der Waals surface area (Å²) in [5, 5.41) is 12.8. The van der Waals surface area contributed by atoms with Gasteiger partial charge in [-0.05, 0) is 58.1 Å². The Morgan fingerprint density at radius 1 is 1.30 bits per heavy atom. The van der Waals surface area contributed by atoms with Crippen LogP contribution in [-0.4, -0.2) is 40.3 Å². The Kier molecular flexibility index (Phi) is 4.48. The van der Waals surface area contributed by atoms with E-state index in [4.69, 9.17) is 4.74 Å². The molecule has 1 aromatic carbocycles. The van der Waals surface area contributed by atoms with E-state index in [2.05, 4.69) is 5.32 Å². The van der Waals surface area contributed by atoms with Crippen LogP contribution in [0.3, 0.4) is 0 Å². The second-order valence-electron chi connectivity index (χ2n) is 6.99. The number of piperidine rings is 1. The predicted octanol–water partition coefficient (Wildman–Crippen LogP) is 3.30. The molecule has 2 aliphatic heterocycles. The number of carbonyl (C=O) groups excluding carboxylic acids is 1. The fourth-order valence-electron chi connectivity index (χ4n) is 3.73. The molecule has 0 radical (unpaired) electrons. The van der Waals surface area contributed by atoms with Gasteiger partial charge in [0, 0.05) is 23.8 Å². The van der Waals surface area contributed by atoms with Crippen molar-refractivity contribution < 1.29 is 14.6 Å². The molecule has 2 fully saturated rings. The molecule has 2 bridgehead atoms. The van der Waals surface area contributed by atoms with Gasteiger partial charge in [-0.1, -0.05) is 6.07 Å². The van der Waals surface area contributed by atoms with Gasteiger partial charge in [0.1, 0.15) is 5.75 Å². The summed E-state index contributed by atoms with van der Waals surface area (Å²) in [7, 11) is 0. The van der Waals surface area contributed by atoms with Crippen molar-refractivity contribution >= 4 is 11.7 Å². The van der Waals surface area contributed by atoms with E-state index in [1.54, 1.807) is 0 Å². The van der Waals surface area contributed by atoms with Crippen LogP contribution in [0.5, 0.6) is 5.75 Å². The lowest BCUT2D eigenvalue weighted by atomic mass is 10.0. The summed E-state index contributed by atoms with van der Waals surface area (Å²) in [5.41, 5.74) is 1.81. The highest BCUT2D eigenvalue weighted by molar-refractivity contribution is 5.90. The number of nitrogens with one attached hydrogen (secondary N) is 1. The number of nitrogens with zero attached hydrogens (tertiary/aromatic N) is 1. The van der Waals surface area contributed by atoms with E-state index in [0.29, 0.717) is 12.8 Å². The average Bonchev–Trinajstić information content (AvgIpc) is 2.74. The first-order valence-electron chi connectivity index (χ1n) is 8.48. The first-order valence-corrected chi connectivity index (χ1v) is 8.48. The topological polar surface area (TPSA) is 61.8 Å². The molecule has 5 heteroatoms. The second kappa shape index (κ2) is 6.40. The number of amides is 2. The van der Waals surface area contributed by atoms with E-state index >= 15 is 0 Å². The van der Waals surface area contributed by atoms with Crippen LogP contribution in [0, 0.1) is 6.92 Å². The second-order valence-corrected chi connectivity index (χ2v) is 6.99. The minimum Gasteiger partial charge on any atom is -0.491 e. The number of aryl methyl sites for hydroxylation is 1. The number of anilines is 1. The van der Waals surface area contributed by atoms with Gasteiger partial charge in [0.05, 0.1) is 12.2 Å². The molecule has 0 spiro atoms. The molecular formula is C18H26N2O3. The predicted molar refractivity (Wildman–Crippen MR) is 89.9 cm³/mol. The summed E-state index contributed by atoms with van der Waals surface area (Å²) in [5.74, 6) is 0.801. The molecule has 2 atom stereocenters. The maximum atomic E-state index is 12.6. The van der Waals surface area contributed by atoms with Crippen molar-refractivity contribution in [2.75, 3.05) is 5.32 Å². The van der Waals surface area contributed by atoms with Crippen molar-refractivity contribution in [2.24, 2.45) is 0 Å². The fourth-order valence-corrected chi connectivity index (χ4v) is 3.73. The molecule has 2 aliphatic rings. The highest BCUT2D eigenvalue weighted by Crippen LogP contribution is 2.36. The number of hydrogen-bond donors (Lipinski definition) is 2. The van der Waals surface area contributed by atoms with Crippen LogP contribution in [0.1, 0.15) is 45.1 Å². The number of aliphatic hydroxyl groups is 1. The summed E-state index contributed by atoms with van der Waals surface area (Å²) in [6, 6.07) is 6.02. The van der Waals surface area contributed by atoms with Gasteiger partial charge >= 0.3 is 6.03 Å². The number of benzene rings is 1. The van der Waals surface area contributed by atoms with Crippen LogP contribution in [-0.2, 0) is 0 Å². The molecule has 3 rings (SSSR count). The van der Waals surface area contributed by atoms with Gasteiger partial charge in [-0.25, -0.2) is 4.79 Å². The van der Waals surface area contributed by atoms with Crippen molar-refractivity contribution in [2.45, 2.75) is 70.7 Å². The highest BCUT2D eigenvalue weighted by Gasteiger charge is 2.42. The monoisotopic (exact) mass is 318 g/mol. The zero-order valence-corrected chi connectivity index (χ0v) is 14.1. The van der Waals surface area contributed by atoms with Crippen molar-refractivity contribution in [3.8, 4) is 5.75 Å². The zero-order chi connectivity index (χ0) is 16.6. The van der Waals surface area contributed by atoms with Gasteiger partial charge in [-0.3, -0.25) is 0 Å². The van der Waals surface area contributed by atoms with Crippen molar-refractivity contribution in [3.63, 3.8) is 0 Å². The first kappa shape index (κ1) is 16.1. The number of fused-ring (bicyclic) bond motifs is 2.